The van der Waals surface area contributed by atoms with Crippen LogP contribution in [0.25, 0.3) is 5.69 Å². The minimum Gasteiger partial charge on any atom is -0.494 e. The number of nitrogens with one attached hydrogen (secondary N) is 2. The Hall–Kier alpha value is -3.52. The van der Waals surface area contributed by atoms with E-state index in [1.165, 1.54) is 7.11 Å². The molecule has 156 valence electrons. The second kappa shape index (κ2) is 7.72. The molecule has 2 aromatic carbocycles. The quantitative estimate of drug-likeness (QED) is 0.607. The molecule has 0 amide bonds. The van der Waals surface area contributed by atoms with Crippen LogP contribution >= 0.6 is 0 Å². The van der Waals surface area contributed by atoms with Crippen LogP contribution in [-0.4, -0.2) is 35.4 Å². The fourth-order valence-corrected chi connectivity index (χ4v) is 3.98. The number of methoxy groups -OCH3 is 2. The minimum atomic E-state index is -0.695. The van der Waals surface area contributed by atoms with Gasteiger partial charge in [-0.15, -0.1) is 0 Å². The van der Waals surface area contributed by atoms with Crippen molar-refractivity contribution >= 4 is 0 Å². The average molecular weight is 409 g/mol. The summed E-state index contributed by atoms with van der Waals surface area (Å²) >= 11 is 0. The normalized spacial score (nSPS) is 15.5. The van der Waals surface area contributed by atoms with Gasteiger partial charge in [-0.25, -0.2) is 9.36 Å². The number of aryl methyl sites for hydroxylation is 1. The highest BCUT2D eigenvalue weighted by atomic mass is 16.5. The Morgan fingerprint density at radius 2 is 1.80 bits per heavy atom. The van der Waals surface area contributed by atoms with E-state index >= 15 is 0 Å². The highest BCUT2D eigenvalue weighted by Gasteiger charge is 2.30. The standard InChI is InChI=1S/C22H23N3O5/c1-12-6-4-5-7-15(12)25-21(27)18(20(26)24-22(25)28)19-14-11-17(30-3)16(29-2)10-13(14)8-9-23-19/h4-7,10-11,19,23,27H,8-9H2,1-3H3,(H,24,26,28). The summed E-state index contributed by atoms with van der Waals surface area (Å²) in [5, 5.41) is 14.4. The van der Waals surface area contributed by atoms with Gasteiger partial charge in [0.25, 0.3) is 5.56 Å². The van der Waals surface area contributed by atoms with Crippen LogP contribution in [0.3, 0.4) is 0 Å². The first-order chi connectivity index (χ1) is 14.5. The molecular formula is C22H23N3O5. The summed E-state index contributed by atoms with van der Waals surface area (Å²) in [5.74, 6) is 0.728. The fraction of sp³-hybridized carbons (Fsp3) is 0.273. The van der Waals surface area contributed by atoms with E-state index in [4.69, 9.17) is 9.47 Å². The third-order valence-electron chi connectivity index (χ3n) is 5.47. The predicted octanol–water partition coefficient (Wildman–Crippen LogP) is 1.79. The van der Waals surface area contributed by atoms with E-state index in [0.29, 0.717) is 23.7 Å². The third-order valence-corrected chi connectivity index (χ3v) is 5.47. The first-order valence-corrected chi connectivity index (χ1v) is 9.58. The van der Waals surface area contributed by atoms with Gasteiger partial charge in [-0.3, -0.25) is 9.78 Å². The van der Waals surface area contributed by atoms with E-state index in [2.05, 4.69) is 10.3 Å². The Morgan fingerprint density at radius 1 is 1.10 bits per heavy atom. The molecule has 1 atom stereocenters. The topological polar surface area (TPSA) is 106 Å². The number of aromatic hydroxyl groups is 1. The SMILES string of the molecule is COc1cc2c(cc1OC)C(c1c(O)n(-c3ccccc3C)c(=O)[nH]c1=O)NCC2. The van der Waals surface area contributed by atoms with Crippen LogP contribution in [0.15, 0.2) is 46.0 Å². The summed E-state index contributed by atoms with van der Waals surface area (Å²) < 4.78 is 11.9. The van der Waals surface area contributed by atoms with Gasteiger partial charge in [-0.05, 0) is 48.2 Å². The van der Waals surface area contributed by atoms with Gasteiger partial charge in [-0.2, -0.15) is 0 Å². The number of rotatable bonds is 4. The van der Waals surface area contributed by atoms with Gasteiger partial charge in [0.1, 0.15) is 0 Å². The summed E-state index contributed by atoms with van der Waals surface area (Å²) in [5.41, 5.74) is 1.79. The molecule has 0 bridgehead atoms. The van der Waals surface area contributed by atoms with Crippen LogP contribution in [0.4, 0.5) is 0 Å². The number of para-hydroxylation sites is 1. The molecule has 0 spiro atoms. The van der Waals surface area contributed by atoms with Gasteiger partial charge in [0.05, 0.1) is 31.5 Å². The number of aromatic amines is 1. The first-order valence-electron chi connectivity index (χ1n) is 9.58. The van der Waals surface area contributed by atoms with Gasteiger partial charge in [0, 0.05) is 6.54 Å². The van der Waals surface area contributed by atoms with Crippen LogP contribution < -0.4 is 26.0 Å². The predicted molar refractivity (Wildman–Crippen MR) is 112 cm³/mol. The van der Waals surface area contributed by atoms with Crippen molar-refractivity contribution in [2.45, 2.75) is 19.4 Å². The molecule has 0 saturated carbocycles. The molecule has 1 unspecified atom stereocenters. The zero-order valence-electron chi connectivity index (χ0n) is 17.0. The maximum absolute atomic E-state index is 12.8. The Bertz CT molecular complexity index is 1230. The smallest absolute Gasteiger partial charge is 0.335 e. The molecule has 8 heteroatoms. The lowest BCUT2D eigenvalue weighted by atomic mass is 9.90. The number of hydrogen-bond acceptors (Lipinski definition) is 6. The van der Waals surface area contributed by atoms with E-state index in [9.17, 15) is 14.7 Å². The molecule has 0 aliphatic carbocycles. The molecule has 8 nitrogen and oxygen atoms in total. The molecular weight excluding hydrogens is 386 g/mol. The summed E-state index contributed by atoms with van der Waals surface area (Å²) in [7, 11) is 3.11. The zero-order valence-corrected chi connectivity index (χ0v) is 17.0. The molecule has 1 aliphatic heterocycles. The maximum Gasteiger partial charge on any atom is 0.335 e. The lowest BCUT2D eigenvalue weighted by molar-refractivity contribution is 0.352. The fourth-order valence-electron chi connectivity index (χ4n) is 3.98. The number of aromatic nitrogens is 2. The second-order valence-corrected chi connectivity index (χ2v) is 7.16. The van der Waals surface area contributed by atoms with Crippen LogP contribution in [0, 0.1) is 6.92 Å². The number of H-pyrrole nitrogens is 1. The van der Waals surface area contributed by atoms with Crippen molar-refractivity contribution in [3.8, 4) is 23.1 Å². The number of nitrogens with zero attached hydrogens (tertiary/aromatic N) is 1. The number of fused-ring (bicyclic) bond motifs is 1. The van der Waals surface area contributed by atoms with Crippen molar-refractivity contribution in [3.63, 3.8) is 0 Å². The summed E-state index contributed by atoms with van der Waals surface area (Å²) in [6, 6.07) is 10.2. The molecule has 0 fully saturated rings. The monoisotopic (exact) mass is 409 g/mol. The Kier molecular flexibility index (Phi) is 5.09. The number of ether oxygens (including phenoxy) is 2. The molecule has 1 aliphatic rings. The van der Waals surface area contributed by atoms with Crippen molar-refractivity contribution < 1.29 is 14.6 Å². The Morgan fingerprint density at radius 3 is 2.50 bits per heavy atom. The molecule has 1 aromatic heterocycles. The molecule has 2 heterocycles. The van der Waals surface area contributed by atoms with E-state index < -0.39 is 23.2 Å². The molecule has 30 heavy (non-hydrogen) atoms. The molecule has 0 radical (unpaired) electrons. The van der Waals surface area contributed by atoms with Crippen molar-refractivity contribution in [2.75, 3.05) is 20.8 Å². The number of benzene rings is 2. The van der Waals surface area contributed by atoms with Crippen molar-refractivity contribution in [3.05, 3.63) is 79.5 Å². The summed E-state index contributed by atoms with van der Waals surface area (Å²) in [4.78, 5) is 27.7. The lowest BCUT2D eigenvalue weighted by Gasteiger charge is -2.28. The van der Waals surface area contributed by atoms with Gasteiger partial charge in [-0.1, -0.05) is 18.2 Å². The van der Waals surface area contributed by atoms with E-state index in [0.717, 1.165) is 27.7 Å². The van der Waals surface area contributed by atoms with Crippen LogP contribution in [0.5, 0.6) is 17.4 Å². The van der Waals surface area contributed by atoms with Crippen molar-refractivity contribution in [1.82, 2.24) is 14.9 Å². The summed E-state index contributed by atoms with van der Waals surface area (Å²) in [6.07, 6.45) is 0.724. The Labute approximate surface area is 172 Å². The van der Waals surface area contributed by atoms with Crippen molar-refractivity contribution in [2.24, 2.45) is 0 Å². The van der Waals surface area contributed by atoms with Gasteiger partial charge in [0.15, 0.2) is 11.5 Å². The molecule has 3 aromatic rings. The lowest BCUT2D eigenvalue weighted by Crippen LogP contribution is -2.38. The number of hydrogen-bond donors (Lipinski definition) is 3. The molecule has 3 N–H and O–H groups in total. The second-order valence-electron chi connectivity index (χ2n) is 7.16. The van der Waals surface area contributed by atoms with Crippen LogP contribution in [0.2, 0.25) is 0 Å². The van der Waals surface area contributed by atoms with Crippen molar-refractivity contribution in [1.29, 1.82) is 0 Å². The van der Waals surface area contributed by atoms with Gasteiger partial charge < -0.3 is 19.9 Å². The van der Waals surface area contributed by atoms with Gasteiger partial charge in [0.2, 0.25) is 5.88 Å². The average Bonchev–Trinajstić information content (AvgIpc) is 2.73. The highest BCUT2D eigenvalue weighted by Crippen LogP contribution is 2.38. The molecule has 0 saturated heterocycles. The molecule has 4 rings (SSSR count). The minimum absolute atomic E-state index is 0.0750. The van der Waals surface area contributed by atoms with Crippen LogP contribution in [0.1, 0.15) is 28.3 Å². The first kappa shape index (κ1) is 19.8. The Balaban J connectivity index is 1.96. The largest absolute Gasteiger partial charge is 0.494 e. The summed E-state index contributed by atoms with van der Waals surface area (Å²) in [6.45, 7) is 2.42. The van der Waals surface area contributed by atoms with E-state index in [-0.39, 0.29) is 5.56 Å². The third kappa shape index (κ3) is 3.15. The van der Waals surface area contributed by atoms with Gasteiger partial charge >= 0.3 is 5.69 Å². The van der Waals surface area contributed by atoms with E-state index in [1.54, 1.807) is 25.3 Å². The maximum atomic E-state index is 12.8. The zero-order chi connectivity index (χ0) is 21.4. The van der Waals surface area contributed by atoms with Crippen LogP contribution in [-0.2, 0) is 6.42 Å². The van der Waals surface area contributed by atoms with E-state index in [1.807, 2.05) is 25.1 Å². The highest BCUT2D eigenvalue weighted by molar-refractivity contribution is 5.53.